The monoisotopic (exact) mass is 184 g/mol. The molecule has 1 heterocycles. The highest BCUT2D eigenvalue weighted by Gasteiger charge is 2.26. The third-order valence-electron chi connectivity index (χ3n) is 3.25. The minimum Gasteiger partial charge on any atom is -0.353 e. The lowest BCUT2D eigenvalue weighted by Crippen LogP contribution is -2.29. The van der Waals surface area contributed by atoms with E-state index in [1.54, 1.807) is 0 Å². The molecule has 13 heavy (non-hydrogen) atoms. The van der Waals surface area contributed by atoms with Gasteiger partial charge in [-0.15, -0.1) is 0 Å². The Balaban J connectivity index is 1.78. The Hall–Kier alpha value is -0.0800. The van der Waals surface area contributed by atoms with Crippen molar-refractivity contribution in [1.82, 2.24) is 0 Å². The third kappa shape index (κ3) is 2.44. The first-order valence-electron chi connectivity index (χ1n) is 5.63. The van der Waals surface area contributed by atoms with E-state index in [4.69, 9.17) is 9.47 Å². The Bertz CT molecular complexity index is 152. The molecule has 0 spiro atoms. The maximum atomic E-state index is 5.94. The highest BCUT2D eigenvalue weighted by Crippen LogP contribution is 2.29. The van der Waals surface area contributed by atoms with Crippen LogP contribution in [-0.4, -0.2) is 19.0 Å². The first kappa shape index (κ1) is 9.47. The summed E-state index contributed by atoms with van der Waals surface area (Å²) in [5, 5.41) is 0. The summed E-state index contributed by atoms with van der Waals surface area (Å²) in [7, 11) is 0. The molecule has 0 aromatic carbocycles. The molecule has 0 aromatic rings. The fraction of sp³-hybridized carbons (Fsp3) is 1.00. The second-order valence-electron chi connectivity index (χ2n) is 4.38. The number of ether oxygens (including phenoxy) is 2. The summed E-state index contributed by atoms with van der Waals surface area (Å²) in [6, 6.07) is 0. The van der Waals surface area contributed by atoms with Gasteiger partial charge in [0, 0.05) is 13.0 Å². The van der Waals surface area contributed by atoms with Gasteiger partial charge in [0.1, 0.15) is 0 Å². The van der Waals surface area contributed by atoms with Crippen LogP contribution in [0.2, 0.25) is 0 Å². The van der Waals surface area contributed by atoms with Gasteiger partial charge in [0.25, 0.3) is 0 Å². The Morgan fingerprint density at radius 1 is 1.08 bits per heavy atom. The molecule has 0 bridgehead atoms. The van der Waals surface area contributed by atoms with Crippen LogP contribution in [0.25, 0.3) is 0 Å². The molecule has 2 rings (SSSR count). The van der Waals surface area contributed by atoms with Gasteiger partial charge in [-0.2, -0.15) is 0 Å². The van der Waals surface area contributed by atoms with Crippen LogP contribution in [0, 0.1) is 5.92 Å². The molecule has 1 aliphatic heterocycles. The molecule has 2 nitrogen and oxygen atoms in total. The Morgan fingerprint density at radius 2 is 1.92 bits per heavy atom. The quantitative estimate of drug-likeness (QED) is 0.657. The molecule has 3 atom stereocenters. The van der Waals surface area contributed by atoms with Crippen molar-refractivity contribution in [3.05, 3.63) is 0 Å². The van der Waals surface area contributed by atoms with E-state index in [-0.39, 0.29) is 6.29 Å². The summed E-state index contributed by atoms with van der Waals surface area (Å²) in [5.74, 6) is 0.734. The average molecular weight is 184 g/mol. The van der Waals surface area contributed by atoms with Crippen LogP contribution < -0.4 is 0 Å². The van der Waals surface area contributed by atoms with Crippen LogP contribution >= 0.6 is 0 Å². The van der Waals surface area contributed by atoms with Crippen LogP contribution in [0.4, 0.5) is 0 Å². The molecule has 0 radical (unpaired) electrons. The van der Waals surface area contributed by atoms with Gasteiger partial charge in [0.15, 0.2) is 6.29 Å². The SMILES string of the molecule is C[C@@H]1CCCC[C@@H]1OC1CCCO1. The molecule has 2 heteroatoms. The van der Waals surface area contributed by atoms with E-state index in [2.05, 4.69) is 6.92 Å². The van der Waals surface area contributed by atoms with E-state index >= 15 is 0 Å². The Kier molecular flexibility index (Phi) is 3.23. The molecule has 0 aromatic heterocycles. The highest BCUT2D eigenvalue weighted by molar-refractivity contribution is 4.73. The second-order valence-corrected chi connectivity index (χ2v) is 4.38. The number of rotatable bonds is 2. The predicted molar refractivity (Wildman–Crippen MR) is 51.5 cm³/mol. The van der Waals surface area contributed by atoms with Crippen molar-refractivity contribution in [1.29, 1.82) is 0 Å². The van der Waals surface area contributed by atoms with Crippen LogP contribution in [0.5, 0.6) is 0 Å². The van der Waals surface area contributed by atoms with Gasteiger partial charge in [-0.25, -0.2) is 0 Å². The molecule has 0 amide bonds. The largest absolute Gasteiger partial charge is 0.353 e. The van der Waals surface area contributed by atoms with Gasteiger partial charge in [-0.3, -0.25) is 0 Å². The topological polar surface area (TPSA) is 18.5 Å². The average Bonchev–Trinajstić information content (AvgIpc) is 2.61. The smallest absolute Gasteiger partial charge is 0.158 e. The van der Waals surface area contributed by atoms with Crippen molar-refractivity contribution in [2.45, 2.75) is 57.8 Å². The zero-order valence-electron chi connectivity index (χ0n) is 8.50. The van der Waals surface area contributed by atoms with Crippen LogP contribution in [0.15, 0.2) is 0 Å². The van der Waals surface area contributed by atoms with E-state index in [1.165, 1.54) is 32.1 Å². The molecule has 76 valence electrons. The molecule has 1 unspecified atom stereocenters. The first-order chi connectivity index (χ1) is 6.36. The van der Waals surface area contributed by atoms with Gasteiger partial charge in [0.2, 0.25) is 0 Å². The minimum atomic E-state index is 0.116. The predicted octanol–water partition coefficient (Wildman–Crippen LogP) is 2.72. The van der Waals surface area contributed by atoms with Gasteiger partial charge in [-0.05, 0) is 25.2 Å². The van der Waals surface area contributed by atoms with Crippen LogP contribution in [-0.2, 0) is 9.47 Å². The summed E-state index contributed by atoms with van der Waals surface area (Å²) >= 11 is 0. The molecular formula is C11H20O2. The van der Waals surface area contributed by atoms with Crippen molar-refractivity contribution in [2.24, 2.45) is 5.92 Å². The fourth-order valence-corrected chi connectivity index (χ4v) is 2.33. The summed E-state index contributed by atoms with van der Waals surface area (Å²) in [4.78, 5) is 0. The molecule has 0 N–H and O–H groups in total. The molecular weight excluding hydrogens is 164 g/mol. The summed E-state index contributed by atoms with van der Waals surface area (Å²) in [6.45, 7) is 3.20. The molecule has 2 aliphatic rings. The highest BCUT2D eigenvalue weighted by atomic mass is 16.7. The van der Waals surface area contributed by atoms with Crippen molar-refractivity contribution >= 4 is 0 Å². The lowest BCUT2D eigenvalue weighted by Gasteiger charge is -2.30. The fourth-order valence-electron chi connectivity index (χ4n) is 2.33. The van der Waals surface area contributed by atoms with E-state index in [0.29, 0.717) is 6.10 Å². The normalized spacial score (nSPS) is 40.8. The molecule has 1 aliphatic carbocycles. The lowest BCUT2D eigenvalue weighted by molar-refractivity contribution is -0.163. The van der Waals surface area contributed by atoms with Crippen LogP contribution in [0.3, 0.4) is 0 Å². The summed E-state index contributed by atoms with van der Waals surface area (Å²) in [6.07, 6.45) is 8.14. The van der Waals surface area contributed by atoms with Gasteiger partial charge < -0.3 is 9.47 Å². The number of hydrogen-bond donors (Lipinski definition) is 0. The lowest BCUT2D eigenvalue weighted by atomic mass is 9.88. The second kappa shape index (κ2) is 4.43. The van der Waals surface area contributed by atoms with Gasteiger partial charge in [0.05, 0.1) is 6.10 Å². The zero-order chi connectivity index (χ0) is 9.10. The summed E-state index contributed by atoms with van der Waals surface area (Å²) < 4.78 is 11.4. The first-order valence-corrected chi connectivity index (χ1v) is 5.63. The summed E-state index contributed by atoms with van der Waals surface area (Å²) in [5.41, 5.74) is 0. The molecule has 1 saturated heterocycles. The maximum absolute atomic E-state index is 5.94. The third-order valence-corrected chi connectivity index (χ3v) is 3.25. The Labute approximate surface area is 80.6 Å². The standard InChI is InChI=1S/C11H20O2/c1-9-5-2-3-6-10(9)13-11-7-4-8-12-11/h9-11H,2-8H2,1H3/t9-,10+,11?/m1/s1. The van der Waals surface area contributed by atoms with Gasteiger partial charge >= 0.3 is 0 Å². The maximum Gasteiger partial charge on any atom is 0.158 e. The molecule has 1 saturated carbocycles. The van der Waals surface area contributed by atoms with E-state index in [9.17, 15) is 0 Å². The van der Waals surface area contributed by atoms with E-state index < -0.39 is 0 Å². The van der Waals surface area contributed by atoms with Crippen molar-refractivity contribution in [3.63, 3.8) is 0 Å². The Morgan fingerprint density at radius 3 is 2.62 bits per heavy atom. The van der Waals surface area contributed by atoms with E-state index in [1.807, 2.05) is 0 Å². The van der Waals surface area contributed by atoms with Gasteiger partial charge in [-0.1, -0.05) is 19.8 Å². The minimum absolute atomic E-state index is 0.116. The molecule has 2 fully saturated rings. The number of hydrogen-bond acceptors (Lipinski definition) is 2. The van der Waals surface area contributed by atoms with Crippen molar-refractivity contribution in [3.8, 4) is 0 Å². The van der Waals surface area contributed by atoms with E-state index in [0.717, 1.165) is 18.9 Å². The zero-order valence-corrected chi connectivity index (χ0v) is 8.50. The van der Waals surface area contributed by atoms with Crippen LogP contribution in [0.1, 0.15) is 45.4 Å². The van der Waals surface area contributed by atoms with Crippen molar-refractivity contribution < 1.29 is 9.47 Å². The van der Waals surface area contributed by atoms with Crippen molar-refractivity contribution in [2.75, 3.05) is 6.61 Å².